The van der Waals surface area contributed by atoms with E-state index in [1.807, 2.05) is 31.4 Å². The number of rotatable bonds is 0. The molecule has 0 saturated carbocycles. The van der Waals surface area contributed by atoms with Crippen molar-refractivity contribution < 1.29 is 13.2 Å². The monoisotopic (exact) mass is 481 g/mol. The molecule has 0 fully saturated rings. The SMILES string of the molecule is C.Cc1[nH]c2sccc2c1F.Cc1cc2c(F)csc2[nH]1.Cc1cc2cc(F)sc2[nH]1. The van der Waals surface area contributed by atoms with Crippen LogP contribution in [0.25, 0.3) is 30.6 Å². The number of hydrogen-bond donors (Lipinski definition) is 3. The van der Waals surface area contributed by atoms with Crippen molar-refractivity contribution in [3.05, 3.63) is 68.9 Å². The summed E-state index contributed by atoms with van der Waals surface area (Å²) in [4.78, 5) is 11.8. The van der Waals surface area contributed by atoms with E-state index in [0.717, 1.165) is 42.6 Å². The van der Waals surface area contributed by atoms with Crippen LogP contribution in [0.2, 0.25) is 0 Å². The number of halogens is 3. The van der Waals surface area contributed by atoms with Gasteiger partial charge in [0.2, 0.25) is 0 Å². The summed E-state index contributed by atoms with van der Waals surface area (Å²) in [6.45, 7) is 5.62. The first-order chi connectivity index (χ1) is 14.3. The van der Waals surface area contributed by atoms with E-state index >= 15 is 0 Å². The fourth-order valence-corrected chi connectivity index (χ4v) is 5.56. The molecule has 0 aliphatic carbocycles. The van der Waals surface area contributed by atoms with Gasteiger partial charge in [-0.25, -0.2) is 8.78 Å². The van der Waals surface area contributed by atoms with E-state index < -0.39 is 0 Å². The standard InChI is InChI=1S/3C7H6FNS.CH4/c1-4-2-5-6(8)3-10-7(5)9-4;1-4-2-5-3-6(8)10-7(5)9-4;1-4-6(8)5-2-3-10-7(5)9-4;/h3*2-3,9H,1H3;1H4. The van der Waals surface area contributed by atoms with Crippen LogP contribution in [0.3, 0.4) is 0 Å². The normalized spacial score (nSPS) is 10.6. The van der Waals surface area contributed by atoms with Crippen LogP contribution < -0.4 is 0 Å². The Bertz CT molecular complexity index is 1360. The van der Waals surface area contributed by atoms with Gasteiger partial charge in [0, 0.05) is 38.6 Å². The summed E-state index contributed by atoms with van der Waals surface area (Å²) >= 11 is 4.08. The van der Waals surface area contributed by atoms with Crippen molar-refractivity contribution >= 4 is 64.7 Å². The highest BCUT2D eigenvalue weighted by Gasteiger charge is 2.07. The second-order valence-corrected chi connectivity index (χ2v) is 9.59. The molecule has 6 aromatic rings. The number of aromatic amines is 3. The first-order valence-electron chi connectivity index (χ1n) is 9.00. The van der Waals surface area contributed by atoms with Gasteiger partial charge < -0.3 is 15.0 Å². The van der Waals surface area contributed by atoms with Gasteiger partial charge in [-0.3, -0.25) is 0 Å². The van der Waals surface area contributed by atoms with Crippen LogP contribution >= 0.6 is 34.0 Å². The van der Waals surface area contributed by atoms with Gasteiger partial charge in [0.25, 0.3) is 0 Å². The third-order valence-electron chi connectivity index (χ3n) is 4.40. The topological polar surface area (TPSA) is 47.4 Å². The van der Waals surface area contributed by atoms with Crippen LogP contribution in [-0.4, -0.2) is 15.0 Å². The molecule has 0 unspecified atom stereocenters. The third kappa shape index (κ3) is 4.89. The van der Waals surface area contributed by atoms with Crippen molar-refractivity contribution in [3.63, 3.8) is 0 Å². The van der Waals surface area contributed by atoms with Crippen molar-refractivity contribution in [1.29, 1.82) is 0 Å². The Hall–Kier alpha value is -2.49. The molecule has 0 aliphatic heterocycles. The predicted octanol–water partition coefficient (Wildman–Crippen LogP) is 8.67. The maximum Gasteiger partial charge on any atom is 0.179 e. The highest BCUT2D eigenvalue weighted by atomic mass is 32.1. The minimum Gasteiger partial charge on any atom is -0.350 e. The van der Waals surface area contributed by atoms with E-state index in [9.17, 15) is 13.2 Å². The Morgan fingerprint density at radius 1 is 0.774 bits per heavy atom. The molecule has 0 saturated heterocycles. The lowest BCUT2D eigenvalue weighted by atomic mass is 10.3. The molecule has 164 valence electrons. The van der Waals surface area contributed by atoms with E-state index in [0.29, 0.717) is 16.5 Å². The average molecular weight is 482 g/mol. The largest absolute Gasteiger partial charge is 0.350 e. The summed E-state index contributed by atoms with van der Waals surface area (Å²) in [6.07, 6.45) is 0. The molecule has 0 aliphatic rings. The molecule has 0 aromatic carbocycles. The van der Waals surface area contributed by atoms with Gasteiger partial charge in [0.15, 0.2) is 10.9 Å². The second kappa shape index (κ2) is 9.33. The smallest absolute Gasteiger partial charge is 0.179 e. The highest BCUT2D eigenvalue weighted by molar-refractivity contribution is 7.17. The quantitative estimate of drug-likeness (QED) is 0.194. The molecule has 6 rings (SSSR count). The van der Waals surface area contributed by atoms with Crippen LogP contribution in [0.15, 0.2) is 35.0 Å². The summed E-state index contributed by atoms with van der Waals surface area (Å²) in [5.41, 5.74) is 2.73. The van der Waals surface area contributed by atoms with Crippen molar-refractivity contribution in [1.82, 2.24) is 15.0 Å². The number of aromatic nitrogens is 3. The summed E-state index contributed by atoms with van der Waals surface area (Å²) in [5, 5.41) is 5.66. The van der Waals surface area contributed by atoms with E-state index in [-0.39, 0.29) is 24.2 Å². The van der Waals surface area contributed by atoms with Gasteiger partial charge in [-0.05, 0) is 50.4 Å². The first-order valence-corrected chi connectivity index (χ1v) is 11.6. The third-order valence-corrected chi connectivity index (χ3v) is 6.97. The maximum absolute atomic E-state index is 13.0. The molecule has 0 spiro atoms. The molecule has 0 atom stereocenters. The molecule has 0 bridgehead atoms. The van der Waals surface area contributed by atoms with Gasteiger partial charge in [0.1, 0.15) is 20.3 Å². The van der Waals surface area contributed by atoms with Crippen LogP contribution in [0.1, 0.15) is 24.5 Å². The Morgan fingerprint density at radius 3 is 2.13 bits per heavy atom. The van der Waals surface area contributed by atoms with E-state index in [4.69, 9.17) is 0 Å². The highest BCUT2D eigenvalue weighted by Crippen LogP contribution is 2.25. The Labute approximate surface area is 189 Å². The van der Waals surface area contributed by atoms with E-state index in [1.54, 1.807) is 19.1 Å². The van der Waals surface area contributed by atoms with Crippen LogP contribution in [0.5, 0.6) is 0 Å². The number of aryl methyl sites for hydroxylation is 3. The Morgan fingerprint density at radius 2 is 1.45 bits per heavy atom. The van der Waals surface area contributed by atoms with Crippen LogP contribution in [-0.2, 0) is 0 Å². The molecule has 6 aromatic heterocycles. The van der Waals surface area contributed by atoms with Crippen molar-refractivity contribution in [3.8, 4) is 0 Å². The van der Waals surface area contributed by atoms with E-state index in [2.05, 4.69) is 15.0 Å². The Balaban J connectivity index is 0.000000130. The lowest BCUT2D eigenvalue weighted by molar-refractivity contribution is 0.629. The zero-order valence-corrected chi connectivity index (χ0v) is 18.8. The summed E-state index contributed by atoms with van der Waals surface area (Å²) in [5.74, 6) is -0.236. The number of H-pyrrole nitrogens is 3. The lowest BCUT2D eigenvalue weighted by Gasteiger charge is -1.80. The second-order valence-electron chi connectivity index (χ2n) is 6.79. The number of hydrogen-bond acceptors (Lipinski definition) is 3. The van der Waals surface area contributed by atoms with Crippen LogP contribution in [0, 0.1) is 37.5 Å². The minimum absolute atomic E-state index is 0. The molecular formula is C22H22F3N3S3. The summed E-state index contributed by atoms with van der Waals surface area (Å²) in [7, 11) is 0. The predicted molar refractivity (Wildman–Crippen MR) is 129 cm³/mol. The Kier molecular flexibility index (Phi) is 6.98. The van der Waals surface area contributed by atoms with Crippen molar-refractivity contribution in [2.24, 2.45) is 0 Å². The van der Waals surface area contributed by atoms with Gasteiger partial charge in [-0.2, -0.15) is 4.39 Å². The fourth-order valence-electron chi connectivity index (χ4n) is 3.04. The molecule has 9 heteroatoms. The van der Waals surface area contributed by atoms with Gasteiger partial charge in [0.05, 0.1) is 0 Å². The average Bonchev–Trinajstić information content (AvgIpc) is 3.48. The molecule has 0 amide bonds. The zero-order chi connectivity index (χ0) is 21.4. The molecular weight excluding hydrogens is 459 g/mol. The summed E-state index contributed by atoms with van der Waals surface area (Å²) in [6, 6.07) is 7.10. The number of thiophene rings is 3. The van der Waals surface area contributed by atoms with Gasteiger partial charge in [-0.1, -0.05) is 18.8 Å². The van der Waals surface area contributed by atoms with Crippen molar-refractivity contribution in [2.45, 2.75) is 28.2 Å². The zero-order valence-electron chi connectivity index (χ0n) is 16.3. The van der Waals surface area contributed by atoms with Crippen molar-refractivity contribution in [2.75, 3.05) is 0 Å². The van der Waals surface area contributed by atoms with Gasteiger partial charge in [-0.15, -0.1) is 22.7 Å². The fraction of sp³-hybridized carbons (Fsp3) is 0.182. The summed E-state index contributed by atoms with van der Waals surface area (Å²) < 4.78 is 38.2. The molecule has 3 N–H and O–H groups in total. The maximum atomic E-state index is 13.0. The van der Waals surface area contributed by atoms with E-state index in [1.165, 1.54) is 28.1 Å². The molecule has 6 heterocycles. The number of fused-ring (bicyclic) bond motifs is 3. The first kappa shape index (κ1) is 23.2. The molecule has 3 nitrogen and oxygen atoms in total. The minimum atomic E-state index is -0.124. The van der Waals surface area contributed by atoms with Crippen LogP contribution in [0.4, 0.5) is 13.2 Å². The lowest BCUT2D eigenvalue weighted by Crippen LogP contribution is -1.72. The number of nitrogens with one attached hydrogen (secondary N) is 3. The van der Waals surface area contributed by atoms with Gasteiger partial charge >= 0.3 is 0 Å². The molecule has 0 radical (unpaired) electrons. The molecule has 31 heavy (non-hydrogen) atoms.